The molecule has 0 aliphatic rings. The van der Waals surface area contributed by atoms with Gasteiger partial charge in [-0.3, -0.25) is 23.6 Å². The van der Waals surface area contributed by atoms with Crippen LogP contribution in [0.1, 0.15) is 29.8 Å². The fourth-order valence-corrected chi connectivity index (χ4v) is 3.86. The van der Waals surface area contributed by atoms with E-state index in [1.165, 1.54) is 29.4 Å². The molecule has 1 aromatic carbocycles. The van der Waals surface area contributed by atoms with Crippen LogP contribution < -0.4 is 16.6 Å². The zero-order chi connectivity index (χ0) is 22.5. The van der Waals surface area contributed by atoms with E-state index in [0.29, 0.717) is 12.1 Å². The van der Waals surface area contributed by atoms with Gasteiger partial charge in [0.05, 0.1) is 10.9 Å². The maximum atomic E-state index is 12.8. The maximum Gasteiger partial charge on any atom is 0.332 e. The van der Waals surface area contributed by atoms with Gasteiger partial charge in [0, 0.05) is 32.9 Å². The molecule has 8 nitrogen and oxygen atoms in total. The van der Waals surface area contributed by atoms with Gasteiger partial charge in [0.15, 0.2) is 0 Å². The number of hydrogen-bond donors (Lipinski definition) is 1. The van der Waals surface area contributed by atoms with Gasteiger partial charge in [-0.2, -0.15) is 0 Å². The van der Waals surface area contributed by atoms with Crippen molar-refractivity contribution in [3.8, 4) is 0 Å². The number of amides is 1. The standard InChI is InChI=1S/C23H29N5O3/c1-5-28(6-2)18(12-16-10-8-7-9-11-16)15-25-21(29)17-13-19-20(24-14-17)26(3)23(31)27(4)22(19)30/h7-11,13-14,18H,5-6,12,15H2,1-4H3,(H,25,29). The first-order valence-electron chi connectivity index (χ1n) is 10.5. The Bertz CT molecular complexity index is 1180. The third-order valence-corrected chi connectivity index (χ3v) is 5.70. The minimum absolute atomic E-state index is 0.142. The summed E-state index contributed by atoms with van der Waals surface area (Å²) in [5.41, 5.74) is 0.844. The number of nitrogens with zero attached hydrogens (tertiary/aromatic N) is 4. The predicted octanol–water partition coefficient (Wildman–Crippen LogP) is 1.32. The lowest BCUT2D eigenvalue weighted by Gasteiger charge is -2.30. The molecule has 0 spiro atoms. The van der Waals surface area contributed by atoms with Crippen molar-refractivity contribution in [3.63, 3.8) is 0 Å². The largest absolute Gasteiger partial charge is 0.350 e. The van der Waals surface area contributed by atoms with E-state index in [2.05, 4.69) is 41.2 Å². The van der Waals surface area contributed by atoms with Crippen molar-refractivity contribution >= 4 is 16.9 Å². The summed E-state index contributed by atoms with van der Waals surface area (Å²) < 4.78 is 2.32. The fraction of sp³-hybridized carbons (Fsp3) is 0.391. The van der Waals surface area contributed by atoms with E-state index >= 15 is 0 Å². The number of aryl methyl sites for hydroxylation is 1. The van der Waals surface area contributed by atoms with Crippen LogP contribution in [0.4, 0.5) is 0 Å². The number of likely N-dealkylation sites (N-methyl/N-ethyl adjacent to an activating group) is 1. The van der Waals surface area contributed by atoms with Crippen molar-refractivity contribution in [2.75, 3.05) is 19.6 Å². The van der Waals surface area contributed by atoms with E-state index < -0.39 is 11.2 Å². The number of hydrogen-bond acceptors (Lipinski definition) is 5. The molecule has 1 atom stereocenters. The molecule has 8 heteroatoms. The van der Waals surface area contributed by atoms with Gasteiger partial charge < -0.3 is 5.32 Å². The van der Waals surface area contributed by atoms with Crippen LogP contribution in [0.5, 0.6) is 0 Å². The number of benzene rings is 1. The Hall–Kier alpha value is -3.26. The summed E-state index contributed by atoms with van der Waals surface area (Å²) in [6.07, 6.45) is 2.22. The van der Waals surface area contributed by atoms with Crippen LogP contribution in [-0.2, 0) is 20.5 Å². The highest BCUT2D eigenvalue weighted by Crippen LogP contribution is 2.10. The van der Waals surface area contributed by atoms with Crippen LogP contribution in [0.3, 0.4) is 0 Å². The van der Waals surface area contributed by atoms with Gasteiger partial charge in [-0.05, 0) is 31.1 Å². The van der Waals surface area contributed by atoms with Crippen LogP contribution in [0.25, 0.3) is 11.0 Å². The number of nitrogens with one attached hydrogen (secondary N) is 1. The molecule has 0 bridgehead atoms. The summed E-state index contributed by atoms with van der Waals surface area (Å²) in [6, 6.07) is 11.8. The molecule has 1 unspecified atom stereocenters. The number of rotatable bonds is 8. The average molecular weight is 424 g/mol. The lowest BCUT2D eigenvalue weighted by Crippen LogP contribution is -2.45. The third-order valence-electron chi connectivity index (χ3n) is 5.70. The van der Waals surface area contributed by atoms with Crippen molar-refractivity contribution in [1.82, 2.24) is 24.3 Å². The van der Waals surface area contributed by atoms with E-state index in [0.717, 1.165) is 24.1 Å². The van der Waals surface area contributed by atoms with Crippen LogP contribution in [0.2, 0.25) is 0 Å². The highest BCUT2D eigenvalue weighted by molar-refractivity contribution is 5.96. The van der Waals surface area contributed by atoms with E-state index in [-0.39, 0.29) is 23.0 Å². The van der Waals surface area contributed by atoms with Gasteiger partial charge in [0.1, 0.15) is 5.65 Å². The zero-order valence-corrected chi connectivity index (χ0v) is 18.5. The minimum Gasteiger partial charge on any atom is -0.350 e. The number of carbonyl (C=O) groups is 1. The SMILES string of the molecule is CCN(CC)C(CNC(=O)c1cnc2c(c1)c(=O)n(C)c(=O)n2C)Cc1ccccc1. The topological polar surface area (TPSA) is 89.2 Å². The molecule has 3 aromatic rings. The van der Waals surface area contributed by atoms with Gasteiger partial charge in [0.25, 0.3) is 11.5 Å². The number of fused-ring (bicyclic) bond motifs is 1. The lowest BCUT2D eigenvalue weighted by atomic mass is 10.0. The molecule has 2 heterocycles. The van der Waals surface area contributed by atoms with Crippen molar-refractivity contribution < 1.29 is 4.79 Å². The second kappa shape index (κ2) is 9.70. The van der Waals surface area contributed by atoms with Crippen molar-refractivity contribution in [1.29, 1.82) is 0 Å². The summed E-state index contributed by atoms with van der Waals surface area (Å²) >= 11 is 0. The smallest absolute Gasteiger partial charge is 0.332 e. The van der Waals surface area contributed by atoms with Gasteiger partial charge in [-0.25, -0.2) is 9.78 Å². The predicted molar refractivity (Wildman–Crippen MR) is 121 cm³/mol. The van der Waals surface area contributed by atoms with Crippen molar-refractivity contribution in [3.05, 3.63) is 74.6 Å². The molecule has 3 rings (SSSR count). The molecule has 1 amide bonds. The maximum absolute atomic E-state index is 12.8. The summed E-state index contributed by atoms with van der Waals surface area (Å²) in [5, 5.41) is 3.23. The second-order valence-electron chi connectivity index (χ2n) is 7.58. The molecule has 0 radical (unpaired) electrons. The zero-order valence-electron chi connectivity index (χ0n) is 18.5. The van der Waals surface area contributed by atoms with Gasteiger partial charge >= 0.3 is 5.69 Å². The summed E-state index contributed by atoms with van der Waals surface area (Å²) in [5.74, 6) is -0.296. The van der Waals surface area contributed by atoms with Crippen LogP contribution in [0, 0.1) is 0 Å². The minimum atomic E-state index is -0.467. The monoisotopic (exact) mass is 423 g/mol. The quantitative estimate of drug-likeness (QED) is 0.590. The van der Waals surface area contributed by atoms with Crippen molar-refractivity contribution in [2.24, 2.45) is 14.1 Å². The molecule has 0 aliphatic heterocycles. The molecule has 2 aromatic heterocycles. The van der Waals surface area contributed by atoms with E-state index in [4.69, 9.17) is 0 Å². The fourth-order valence-electron chi connectivity index (χ4n) is 3.86. The first kappa shape index (κ1) is 22.4. The summed E-state index contributed by atoms with van der Waals surface area (Å²) in [4.78, 5) is 43.9. The lowest BCUT2D eigenvalue weighted by molar-refractivity contribution is 0.0934. The van der Waals surface area contributed by atoms with E-state index in [1.807, 2.05) is 18.2 Å². The van der Waals surface area contributed by atoms with Gasteiger partial charge in [-0.1, -0.05) is 44.2 Å². The number of aromatic nitrogens is 3. The first-order chi connectivity index (χ1) is 14.9. The van der Waals surface area contributed by atoms with Gasteiger partial charge in [0.2, 0.25) is 0 Å². The van der Waals surface area contributed by atoms with Crippen LogP contribution in [-0.4, -0.2) is 50.6 Å². The molecule has 0 saturated carbocycles. The Morgan fingerprint density at radius 3 is 2.42 bits per heavy atom. The Kier molecular flexibility index (Phi) is 7.02. The molecular weight excluding hydrogens is 394 g/mol. The molecule has 164 valence electrons. The van der Waals surface area contributed by atoms with Crippen LogP contribution in [0.15, 0.2) is 52.2 Å². The highest BCUT2D eigenvalue weighted by atomic mass is 16.2. The molecule has 0 aliphatic carbocycles. The van der Waals surface area contributed by atoms with Crippen LogP contribution >= 0.6 is 0 Å². The van der Waals surface area contributed by atoms with Crippen molar-refractivity contribution in [2.45, 2.75) is 26.3 Å². The van der Waals surface area contributed by atoms with E-state index in [1.54, 1.807) is 7.05 Å². The Labute approximate surface area is 181 Å². The highest BCUT2D eigenvalue weighted by Gasteiger charge is 2.19. The summed E-state index contributed by atoms with van der Waals surface area (Å²) in [7, 11) is 2.96. The number of pyridine rings is 1. The van der Waals surface area contributed by atoms with Gasteiger partial charge in [-0.15, -0.1) is 0 Å². The Balaban J connectivity index is 1.82. The van der Waals surface area contributed by atoms with E-state index in [9.17, 15) is 14.4 Å². The first-order valence-corrected chi connectivity index (χ1v) is 10.5. The third kappa shape index (κ3) is 4.74. The molecule has 31 heavy (non-hydrogen) atoms. The Morgan fingerprint density at radius 2 is 1.77 bits per heavy atom. The molecule has 0 saturated heterocycles. The normalized spacial score (nSPS) is 12.3. The number of carbonyl (C=O) groups excluding carboxylic acids is 1. The molecule has 0 fully saturated rings. The molecule has 1 N–H and O–H groups in total. The molecular formula is C23H29N5O3. The Morgan fingerprint density at radius 1 is 1.10 bits per heavy atom. The average Bonchev–Trinajstić information content (AvgIpc) is 2.80. The second-order valence-corrected chi connectivity index (χ2v) is 7.58. The summed E-state index contributed by atoms with van der Waals surface area (Å²) in [6.45, 7) is 6.45.